The molecule has 0 aromatic heterocycles. The molecule has 0 spiro atoms. The third-order valence-corrected chi connectivity index (χ3v) is 11.8. The van der Waals surface area contributed by atoms with Gasteiger partial charge in [0.25, 0.3) is 0 Å². The second kappa shape index (κ2) is 16.3. The van der Waals surface area contributed by atoms with E-state index in [1.54, 1.807) is 13.8 Å². The minimum atomic E-state index is -0.722. The second-order valence-electron chi connectivity index (χ2n) is 16.5. The summed E-state index contributed by atoms with van der Waals surface area (Å²) < 4.78 is 32.7. The van der Waals surface area contributed by atoms with Crippen LogP contribution in [0.4, 0.5) is 0 Å². The van der Waals surface area contributed by atoms with E-state index < -0.39 is 28.4 Å². The Labute approximate surface area is 295 Å². The van der Waals surface area contributed by atoms with Crippen LogP contribution in [0.2, 0.25) is 0 Å². The van der Waals surface area contributed by atoms with Gasteiger partial charge in [0, 0.05) is 12.8 Å². The van der Waals surface area contributed by atoms with Crippen LogP contribution in [0.25, 0.3) is 0 Å². The Balaban J connectivity index is 0.000000203. The molecule has 4 saturated carbocycles. The molecule has 2 N–H and O–H groups in total. The Morgan fingerprint density at radius 1 is 0.720 bits per heavy atom. The van der Waals surface area contributed by atoms with Crippen molar-refractivity contribution >= 4 is 29.8 Å². The molecule has 0 radical (unpaired) electrons. The minimum absolute atomic E-state index is 0.00259. The molecular formula is C37H58O13. The normalized spacial score (nSPS) is 33.4. The van der Waals surface area contributed by atoms with E-state index in [2.05, 4.69) is 0 Å². The molecule has 4 aliphatic carbocycles. The van der Waals surface area contributed by atoms with E-state index in [4.69, 9.17) is 38.6 Å². The number of esters is 4. The first-order chi connectivity index (χ1) is 23.4. The van der Waals surface area contributed by atoms with Crippen molar-refractivity contribution in [3.8, 4) is 0 Å². The molecule has 13 nitrogen and oxygen atoms in total. The van der Waals surface area contributed by atoms with Crippen molar-refractivity contribution in [3.63, 3.8) is 0 Å². The predicted octanol–water partition coefficient (Wildman–Crippen LogP) is 4.73. The van der Waals surface area contributed by atoms with E-state index in [-0.39, 0.29) is 74.2 Å². The summed E-state index contributed by atoms with van der Waals surface area (Å²) in [7, 11) is 0. The molecule has 0 aromatic rings. The number of fused-ring (bicyclic) bond motifs is 2. The highest BCUT2D eigenvalue weighted by molar-refractivity contribution is 5.76. The van der Waals surface area contributed by atoms with Gasteiger partial charge in [0.05, 0.1) is 33.9 Å². The lowest BCUT2D eigenvalue weighted by molar-refractivity contribution is -0.171. The van der Waals surface area contributed by atoms with Crippen LogP contribution >= 0.6 is 0 Å². The van der Waals surface area contributed by atoms with Crippen molar-refractivity contribution in [2.24, 2.45) is 34.5 Å². The number of carbonyl (C=O) groups excluding carboxylic acids is 4. The predicted molar refractivity (Wildman–Crippen MR) is 177 cm³/mol. The van der Waals surface area contributed by atoms with Crippen LogP contribution in [0.3, 0.4) is 0 Å². The minimum Gasteiger partial charge on any atom is -0.481 e. The summed E-state index contributed by atoms with van der Waals surface area (Å²) in [5.41, 5.74) is -1.82. The van der Waals surface area contributed by atoms with Crippen LogP contribution in [0.15, 0.2) is 0 Å². The van der Waals surface area contributed by atoms with Gasteiger partial charge in [0.2, 0.25) is 0 Å². The first-order valence-electron chi connectivity index (χ1n) is 18.3. The van der Waals surface area contributed by atoms with E-state index in [0.29, 0.717) is 37.5 Å². The number of carboxylic acid groups (broad SMARTS) is 1. The summed E-state index contributed by atoms with van der Waals surface area (Å²) in [5, 5.41) is 17.4. The maximum Gasteiger partial charge on any atom is 0.332 e. The van der Waals surface area contributed by atoms with Crippen LogP contribution in [-0.2, 0) is 52.4 Å². The quantitative estimate of drug-likeness (QED) is 0.123. The average Bonchev–Trinajstić information content (AvgIpc) is 3.32. The monoisotopic (exact) mass is 710 g/mol. The molecule has 8 unspecified atom stereocenters. The largest absolute Gasteiger partial charge is 0.481 e. The molecule has 50 heavy (non-hydrogen) atoms. The molecule has 0 amide bonds. The van der Waals surface area contributed by atoms with Crippen molar-refractivity contribution in [2.45, 2.75) is 142 Å². The number of aliphatic hydroxyl groups is 1. The third kappa shape index (κ3) is 9.97. The third-order valence-electron chi connectivity index (χ3n) is 11.8. The molecule has 8 bridgehead atoms. The number of rotatable bonds is 12. The van der Waals surface area contributed by atoms with Crippen molar-refractivity contribution in [3.05, 3.63) is 0 Å². The first kappa shape index (κ1) is 40.0. The van der Waals surface area contributed by atoms with Crippen molar-refractivity contribution in [1.82, 2.24) is 0 Å². The van der Waals surface area contributed by atoms with Crippen LogP contribution in [-0.4, -0.2) is 90.1 Å². The summed E-state index contributed by atoms with van der Waals surface area (Å²) in [4.78, 5) is 57.8. The van der Waals surface area contributed by atoms with Gasteiger partial charge in [-0.05, 0) is 104 Å². The molecule has 8 aliphatic rings. The van der Waals surface area contributed by atoms with Gasteiger partial charge in [0.15, 0.2) is 0 Å². The summed E-state index contributed by atoms with van der Waals surface area (Å²) in [6.45, 7) is 10.5. The molecule has 0 aromatic carbocycles. The van der Waals surface area contributed by atoms with E-state index in [1.165, 1.54) is 0 Å². The lowest BCUT2D eigenvalue weighted by Crippen LogP contribution is -2.47. The van der Waals surface area contributed by atoms with Crippen LogP contribution < -0.4 is 0 Å². The highest BCUT2D eigenvalue weighted by Gasteiger charge is 2.54. The summed E-state index contributed by atoms with van der Waals surface area (Å²) in [6.07, 6.45) is 9.62. The standard InChI is InChI=1S/C20H30O7.C11H16O4.C6H12O2/c1-4-19(2,3)18(23)25-6-5-24-16(21)12-26-20-9-13-7-14(10-20)17(22)27-15(8-13)11-20;12-6-14-11-3-7-1-8(4-11)10(13)15-9(2-7)5-11;1-4-6(2,3)5(7)8/h13-15H,4-12H2,1-3H3;7-9,12H,1-6H2;4H2,1-3H3,(H,7,8). The van der Waals surface area contributed by atoms with E-state index in [0.717, 1.165) is 51.4 Å². The van der Waals surface area contributed by atoms with E-state index in [1.807, 2.05) is 27.7 Å². The second-order valence-corrected chi connectivity index (χ2v) is 16.5. The Hall–Kier alpha value is -2.77. The molecule has 4 saturated heterocycles. The fourth-order valence-electron chi connectivity index (χ4n) is 8.27. The zero-order valence-corrected chi connectivity index (χ0v) is 30.7. The number of hydrogen-bond acceptors (Lipinski definition) is 12. The van der Waals surface area contributed by atoms with Crippen LogP contribution in [0.1, 0.15) is 119 Å². The number of carboxylic acids is 1. The Morgan fingerprint density at radius 3 is 1.64 bits per heavy atom. The van der Waals surface area contributed by atoms with Gasteiger partial charge in [0.1, 0.15) is 38.8 Å². The molecule has 4 aliphatic heterocycles. The molecule has 4 heterocycles. The smallest absolute Gasteiger partial charge is 0.332 e. The van der Waals surface area contributed by atoms with Gasteiger partial charge >= 0.3 is 29.8 Å². The highest BCUT2D eigenvalue weighted by Crippen LogP contribution is 2.52. The maximum atomic E-state index is 12.1. The van der Waals surface area contributed by atoms with Gasteiger partial charge in [-0.15, -0.1) is 0 Å². The number of hydrogen-bond donors (Lipinski definition) is 2. The molecule has 8 atom stereocenters. The topological polar surface area (TPSA) is 181 Å². The van der Waals surface area contributed by atoms with Gasteiger partial charge in [-0.1, -0.05) is 13.8 Å². The lowest BCUT2D eigenvalue weighted by atomic mass is 9.65. The fourth-order valence-corrected chi connectivity index (χ4v) is 8.27. The van der Waals surface area contributed by atoms with Crippen molar-refractivity contribution < 1.29 is 62.6 Å². The van der Waals surface area contributed by atoms with E-state index in [9.17, 15) is 24.0 Å². The van der Waals surface area contributed by atoms with Gasteiger partial charge in [-0.25, -0.2) is 4.79 Å². The highest BCUT2D eigenvalue weighted by atomic mass is 16.6. The van der Waals surface area contributed by atoms with Gasteiger partial charge < -0.3 is 38.6 Å². The van der Waals surface area contributed by atoms with Crippen molar-refractivity contribution in [2.75, 3.05) is 26.6 Å². The zero-order chi connectivity index (χ0) is 36.9. The van der Waals surface area contributed by atoms with Crippen LogP contribution in [0, 0.1) is 34.5 Å². The van der Waals surface area contributed by atoms with Crippen LogP contribution in [0.5, 0.6) is 0 Å². The number of carbonyl (C=O) groups is 5. The number of aliphatic hydroxyl groups excluding tert-OH is 1. The van der Waals surface area contributed by atoms with Gasteiger partial charge in [-0.2, -0.15) is 0 Å². The maximum absolute atomic E-state index is 12.1. The summed E-state index contributed by atoms with van der Waals surface area (Å²) in [6, 6.07) is 0. The zero-order valence-electron chi connectivity index (χ0n) is 30.7. The Bertz CT molecular complexity index is 1250. The Morgan fingerprint density at radius 2 is 1.20 bits per heavy atom. The number of ether oxygens (including phenoxy) is 6. The molecule has 8 fully saturated rings. The average molecular weight is 711 g/mol. The first-order valence-corrected chi connectivity index (χ1v) is 18.3. The molecule has 13 heteroatoms. The molecule has 8 rings (SSSR count). The lowest BCUT2D eigenvalue weighted by Gasteiger charge is -2.45. The molecule has 284 valence electrons. The number of aliphatic carboxylic acids is 1. The van der Waals surface area contributed by atoms with E-state index >= 15 is 0 Å². The Kier molecular flexibility index (Phi) is 13.0. The summed E-state index contributed by atoms with van der Waals surface area (Å²) in [5.74, 6) is -0.824. The fraction of sp³-hybridized carbons (Fsp3) is 0.865. The molecular weight excluding hydrogens is 652 g/mol. The SMILES string of the molecule is CCC(C)(C)C(=O)O.CCC(C)(C)C(=O)OCCOC(=O)COC12CC3CC(C1)OC(=O)C(C3)C2.O=C1OC2CC3CC1CC(OCO)(C3)C2. The summed E-state index contributed by atoms with van der Waals surface area (Å²) >= 11 is 0. The van der Waals surface area contributed by atoms with Crippen molar-refractivity contribution in [1.29, 1.82) is 0 Å². The van der Waals surface area contributed by atoms with Gasteiger partial charge in [-0.3, -0.25) is 19.2 Å².